The lowest BCUT2D eigenvalue weighted by atomic mass is 9.85. The smallest absolute Gasteiger partial charge is 0.152 e. The summed E-state index contributed by atoms with van der Waals surface area (Å²) in [5.74, 6) is 0.576. The van der Waals surface area contributed by atoms with E-state index >= 15 is 0 Å². The minimum Gasteiger partial charge on any atom is -0.389 e. The second-order valence-corrected chi connectivity index (χ2v) is 7.25. The molecule has 0 aromatic carbocycles. The van der Waals surface area contributed by atoms with Gasteiger partial charge < -0.3 is 9.84 Å². The Morgan fingerprint density at radius 2 is 2.00 bits per heavy atom. The number of nitrogens with zero attached hydrogens (tertiary/aromatic N) is 1. The van der Waals surface area contributed by atoms with Gasteiger partial charge in [-0.25, -0.2) is 0 Å². The molecule has 1 aromatic rings. The van der Waals surface area contributed by atoms with E-state index in [1.165, 1.54) is 0 Å². The van der Waals surface area contributed by atoms with Crippen LogP contribution in [0.4, 0.5) is 0 Å². The minimum atomic E-state index is -0.662. The topological polar surface area (TPSA) is 59.4 Å². The highest BCUT2D eigenvalue weighted by Crippen LogP contribution is 2.36. The zero-order valence-electron chi connectivity index (χ0n) is 15.4. The molecule has 1 unspecified atom stereocenters. The van der Waals surface area contributed by atoms with Crippen molar-refractivity contribution in [2.45, 2.75) is 59.5 Å². The zero-order valence-corrected chi connectivity index (χ0v) is 15.4. The van der Waals surface area contributed by atoms with Gasteiger partial charge in [0.15, 0.2) is 6.29 Å². The lowest BCUT2D eigenvalue weighted by Gasteiger charge is -2.26. The van der Waals surface area contributed by atoms with Crippen molar-refractivity contribution in [1.29, 1.82) is 0 Å². The number of pyridine rings is 1. The Hall–Kier alpha value is -1.52. The molecule has 1 aliphatic rings. The van der Waals surface area contributed by atoms with Gasteiger partial charge in [-0.15, -0.1) is 0 Å². The molecule has 1 atom stereocenters. The summed E-state index contributed by atoms with van der Waals surface area (Å²) in [6.45, 7) is 11.3. The highest BCUT2D eigenvalue weighted by Gasteiger charge is 2.26. The van der Waals surface area contributed by atoms with Crippen molar-refractivity contribution >= 4 is 11.9 Å². The van der Waals surface area contributed by atoms with Gasteiger partial charge in [0.25, 0.3) is 0 Å². The van der Waals surface area contributed by atoms with Gasteiger partial charge in [0, 0.05) is 16.8 Å². The summed E-state index contributed by atoms with van der Waals surface area (Å²) in [7, 11) is 0. The van der Waals surface area contributed by atoms with E-state index in [4.69, 9.17) is 9.72 Å². The summed E-state index contributed by atoms with van der Waals surface area (Å²) in [6.07, 6.45) is 3.81. The van der Waals surface area contributed by atoms with Crippen LogP contribution in [0.2, 0.25) is 0 Å². The van der Waals surface area contributed by atoms with Gasteiger partial charge in [0.1, 0.15) is 0 Å². The number of rotatable bonds is 6. The van der Waals surface area contributed by atoms with Crippen molar-refractivity contribution < 1.29 is 14.6 Å². The molecule has 1 aromatic heterocycles. The molecule has 0 bridgehead atoms. The average Bonchev–Trinajstić information content (AvgIpc) is 2.53. The van der Waals surface area contributed by atoms with Gasteiger partial charge in [-0.1, -0.05) is 33.8 Å². The Bertz CT molecular complexity index is 630. The number of hydrogen-bond acceptors (Lipinski definition) is 4. The molecule has 132 valence electrons. The van der Waals surface area contributed by atoms with Crippen molar-refractivity contribution in [1.82, 2.24) is 4.98 Å². The molecule has 0 aliphatic carbocycles. The molecule has 0 saturated carbocycles. The minimum absolute atomic E-state index is 0.151. The SMILES string of the molecule is CC(C)Cc1nc(C(C)C)c(C=O)c(C2=CCOCC2)c1C(C)O. The average molecular weight is 331 g/mol. The Labute approximate surface area is 144 Å². The number of aromatic nitrogens is 1. The van der Waals surface area contributed by atoms with Crippen molar-refractivity contribution in [3.05, 3.63) is 34.2 Å². The van der Waals surface area contributed by atoms with E-state index in [-0.39, 0.29) is 5.92 Å². The van der Waals surface area contributed by atoms with Gasteiger partial charge in [-0.05, 0) is 42.7 Å². The first-order valence-electron chi connectivity index (χ1n) is 8.83. The third kappa shape index (κ3) is 3.93. The van der Waals surface area contributed by atoms with Gasteiger partial charge >= 0.3 is 0 Å². The quantitative estimate of drug-likeness (QED) is 0.798. The Morgan fingerprint density at radius 1 is 1.29 bits per heavy atom. The largest absolute Gasteiger partial charge is 0.389 e. The van der Waals surface area contributed by atoms with Crippen LogP contribution in [-0.4, -0.2) is 29.6 Å². The normalized spacial score (nSPS) is 16.4. The number of carbonyl (C=O) groups is 1. The maximum atomic E-state index is 11.9. The van der Waals surface area contributed by atoms with Crippen LogP contribution < -0.4 is 0 Å². The van der Waals surface area contributed by atoms with Crippen LogP contribution in [0.25, 0.3) is 5.57 Å². The third-order valence-corrected chi connectivity index (χ3v) is 4.35. The number of aliphatic hydroxyl groups is 1. The molecule has 24 heavy (non-hydrogen) atoms. The van der Waals surface area contributed by atoms with Crippen LogP contribution in [0, 0.1) is 5.92 Å². The highest BCUT2D eigenvalue weighted by atomic mass is 16.5. The maximum Gasteiger partial charge on any atom is 0.152 e. The summed E-state index contributed by atoms with van der Waals surface area (Å²) in [5.41, 5.74) is 5.15. The van der Waals surface area contributed by atoms with Crippen LogP contribution in [-0.2, 0) is 11.2 Å². The summed E-state index contributed by atoms with van der Waals surface area (Å²) >= 11 is 0. The molecule has 2 heterocycles. The maximum absolute atomic E-state index is 11.9. The zero-order chi connectivity index (χ0) is 17.9. The van der Waals surface area contributed by atoms with Gasteiger partial charge in [0.2, 0.25) is 0 Å². The second-order valence-electron chi connectivity index (χ2n) is 7.25. The van der Waals surface area contributed by atoms with E-state index in [0.29, 0.717) is 24.7 Å². The number of carbonyl (C=O) groups excluding carboxylic acids is 1. The van der Waals surface area contributed by atoms with E-state index in [1.807, 2.05) is 6.08 Å². The van der Waals surface area contributed by atoms with Crippen molar-refractivity contribution in [2.24, 2.45) is 5.92 Å². The fourth-order valence-electron chi connectivity index (χ4n) is 3.34. The first-order valence-corrected chi connectivity index (χ1v) is 8.83. The summed E-state index contributed by atoms with van der Waals surface area (Å²) in [5, 5.41) is 10.5. The van der Waals surface area contributed by atoms with Crippen LogP contribution in [0.3, 0.4) is 0 Å². The molecular formula is C20H29NO3. The molecule has 1 aliphatic heterocycles. The van der Waals surface area contributed by atoms with E-state index < -0.39 is 6.10 Å². The van der Waals surface area contributed by atoms with E-state index in [0.717, 1.165) is 47.2 Å². The molecule has 0 radical (unpaired) electrons. The molecule has 0 spiro atoms. The van der Waals surface area contributed by atoms with Crippen LogP contribution in [0.1, 0.15) is 85.9 Å². The second kappa shape index (κ2) is 8.04. The van der Waals surface area contributed by atoms with E-state index in [2.05, 4.69) is 27.7 Å². The van der Waals surface area contributed by atoms with Crippen molar-refractivity contribution in [3.8, 4) is 0 Å². The predicted molar refractivity (Wildman–Crippen MR) is 96.3 cm³/mol. The number of ether oxygens (including phenoxy) is 1. The first-order chi connectivity index (χ1) is 11.4. The Kier molecular flexibility index (Phi) is 6.30. The Balaban J connectivity index is 2.81. The summed E-state index contributed by atoms with van der Waals surface area (Å²) in [4.78, 5) is 16.7. The monoisotopic (exact) mass is 331 g/mol. The molecular weight excluding hydrogens is 302 g/mol. The third-order valence-electron chi connectivity index (χ3n) is 4.35. The number of aldehydes is 1. The number of hydrogen-bond donors (Lipinski definition) is 1. The van der Waals surface area contributed by atoms with E-state index in [9.17, 15) is 9.90 Å². The van der Waals surface area contributed by atoms with Crippen molar-refractivity contribution in [3.63, 3.8) is 0 Å². The molecule has 4 nitrogen and oxygen atoms in total. The molecule has 4 heteroatoms. The van der Waals surface area contributed by atoms with Crippen LogP contribution in [0.15, 0.2) is 6.08 Å². The van der Waals surface area contributed by atoms with E-state index in [1.54, 1.807) is 6.92 Å². The van der Waals surface area contributed by atoms with Crippen LogP contribution in [0.5, 0.6) is 0 Å². The Morgan fingerprint density at radius 3 is 2.46 bits per heavy atom. The first kappa shape index (κ1) is 18.8. The fraction of sp³-hybridized carbons (Fsp3) is 0.600. The molecule has 2 rings (SSSR count). The van der Waals surface area contributed by atoms with Gasteiger partial charge in [-0.2, -0.15) is 0 Å². The van der Waals surface area contributed by atoms with Crippen LogP contribution >= 0.6 is 0 Å². The lowest BCUT2D eigenvalue weighted by molar-refractivity contribution is 0.112. The summed E-state index contributed by atoms with van der Waals surface area (Å²) in [6, 6.07) is 0. The lowest BCUT2D eigenvalue weighted by Crippen LogP contribution is -2.17. The van der Waals surface area contributed by atoms with Crippen molar-refractivity contribution in [2.75, 3.05) is 13.2 Å². The molecule has 0 saturated heterocycles. The fourth-order valence-corrected chi connectivity index (χ4v) is 3.34. The number of aliphatic hydroxyl groups excluding tert-OH is 1. The van der Waals surface area contributed by atoms with Gasteiger partial charge in [0.05, 0.1) is 25.0 Å². The molecule has 0 amide bonds. The predicted octanol–water partition coefficient (Wildman–Crippen LogP) is 4.07. The molecule has 0 fully saturated rings. The summed E-state index contributed by atoms with van der Waals surface area (Å²) < 4.78 is 5.42. The van der Waals surface area contributed by atoms with Gasteiger partial charge in [-0.3, -0.25) is 9.78 Å². The standard InChI is InChI=1S/C20H29NO3/c1-12(2)10-17-18(14(5)23)19(15-6-8-24-9-7-15)16(11-22)20(21-17)13(3)4/h6,11-14,23H,7-10H2,1-5H3. The highest BCUT2D eigenvalue weighted by molar-refractivity contribution is 5.89. The molecule has 1 N–H and O–H groups in total.